The Kier molecular flexibility index (Phi) is 6.31. The molecule has 4 rings (SSSR count). The highest BCUT2D eigenvalue weighted by Crippen LogP contribution is 2.26. The van der Waals surface area contributed by atoms with E-state index in [1.807, 2.05) is 6.07 Å². The number of halogens is 1. The number of nitro benzene ring substituents is 1. The molecule has 1 unspecified atom stereocenters. The molecule has 2 N–H and O–H groups in total. The van der Waals surface area contributed by atoms with Gasteiger partial charge in [0.15, 0.2) is 0 Å². The van der Waals surface area contributed by atoms with E-state index in [1.54, 1.807) is 17.0 Å². The largest absolute Gasteiger partial charge is 0.368 e. The van der Waals surface area contributed by atoms with Crippen LogP contribution in [0.1, 0.15) is 12.0 Å². The second-order valence-electron chi connectivity index (χ2n) is 7.99. The number of anilines is 1. The highest BCUT2D eigenvalue weighted by Gasteiger charge is 2.37. The molecule has 2 heterocycles. The molecule has 2 aromatic rings. The van der Waals surface area contributed by atoms with E-state index in [0.29, 0.717) is 38.4 Å². The summed E-state index contributed by atoms with van der Waals surface area (Å²) < 4.78 is 13.3. The molecule has 0 aliphatic carbocycles. The van der Waals surface area contributed by atoms with Crippen LogP contribution in [0.3, 0.4) is 0 Å². The Labute approximate surface area is 189 Å². The van der Waals surface area contributed by atoms with Gasteiger partial charge in [-0.05, 0) is 29.8 Å². The minimum absolute atomic E-state index is 0.0512. The maximum Gasteiger partial charge on any atom is 0.270 e. The number of hydrogen-bond acceptors (Lipinski definition) is 7. The van der Waals surface area contributed by atoms with Gasteiger partial charge in [0.05, 0.1) is 10.6 Å². The average molecular weight is 454 g/mol. The molecule has 0 bridgehead atoms. The second-order valence-corrected chi connectivity index (χ2v) is 7.99. The Morgan fingerprint density at radius 1 is 1.12 bits per heavy atom. The monoisotopic (exact) mass is 454 g/mol. The molecule has 1 fully saturated rings. The van der Waals surface area contributed by atoms with Crippen LogP contribution in [0, 0.1) is 15.9 Å². The van der Waals surface area contributed by atoms with Crippen molar-refractivity contribution in [3.8, 4) is 0 Å². The van der Waals surface area contributed by atoms with Gasteiger partial charge in [-0.3, -0.25) is 29.6 Å². The van der Waals surface area contributed by atoms with Crippen molar-refractivity contribution >= 4 is 28.9 Å². The van der Waals surface area contributed by atoms with Crippen LogP contribution >= 0.6 is 0 Å². The predicted molar refractivity (Wildman–Crippen MR) is 119 cm³/mol. The summed E-state index contributed by atoms with van der Waals surface area (Å²) in [5.41, 5.74) is 7.11. The van der Waals surface area contributed by atoms with Gasteiger partial charge in [0.1, 0.15) is 17.6 Å². The van der Waals surface area contributed by atoms with Gasteiger partial charge in [0.25, 0.3) is 11.6 Å². The van der Waals surface area contributed by atoms with Gasteiger partial charge >= 0.3 is 0 Å². The van der Waals surface area contributed by atoms with Gasteiger partial charge < -0.3 is 10.6 Å². The number of hydrogen-bond donors (Lipinski definition) is 1. The van der Waals surface area contributed by atoms with E-state index >= 15 is 0 Å². The Bertz CT molecular complexity index is 1100. The molecule has 10 nitrogen and oxygen atoms in total. The van der Waals surface area contributed by atoms with Gasteiger partial charge in [0, 0.05) is 51.3 Å². The van der Waals surface area contributed by atoms with E-state index in [1.165, 1.54) is 35.3 Å². The van der Waals surface area contributed by atoms with Crippen molar-refractivity contribution < 1.29 is 18.9 Å². The second kappa shape index (κ2) is 9.33. The fraction of sp³-hybridized carbons (Fsp3) is 0.318. The number of hydrazone groups is 1. The minimum Gasteiger partial charge on any atom is -0.368 e. The zero-order valence-corrected chi connectivity index (χ0v) is 17.8. The lowest BCUT2D eigenvalue weighted by atomic mass is 10.1. The van der Waals surface area contributed by atoms with Crippen LogP contribution in [0.2, 0.25) is 0 Å². The molecular weight excluding hydrogens is 431 g/mol. The molecule has 2 aromatic carbocycles. The zero-order valence-electron chi connectivity index (χ0n) is 17.8. The summed E-state index contributed by atoms with van der Waals surface area (Å²) in [4.78, 5) is 39.3. The molecule has 0 aromatic heterocycles. The smallest absolute Gasteiger partial charge is 0.270 e. The molecule has 2 aliphatic rings. The minimum atomic E-state index is -0.815. The summed E-state index contributed by atoms with van der Waals surface area (Å²) in [5.74, 6) is -1.30. The van der Waals surface area contributed by atoms with Crippen molar-refractivity contribution in [1.82, 2.24) is 9.80 Å². The average Bonchev–Trinajstić information content (AvgIpc) is 3.26. The first-order chi connectivity index (χ1) is 15.8. The van der Waals surface area contributed by atoms with Crippen molar-refractivity contribution in [1.29, 1.82) is 0 Å². The quantitative estimate of drug-likeness (QED) is 0.521. The molecule has 2 amide bonds. The van der Waals surface area contributed by atoms with E-state index in [4.69, 9.17) is 5.73 Å². The molecule has 2 aliphatic heterocycles. The normalized spacial score (nSPS) is 18.8. The third-order valence-electron chi connectivity index (χ3n) is 5.76. The molecular formula is C22H23FN6O4. The zero-order chi connectivity index (χ0) is 23.5. The van der Waals surface area contributed by atoms with Crippen molar-refractivity contribution in [3.05, 3.63) is 70.0 Å². The lowest BCUT2D eigenvalue weighted by molar-refractivity contribution is -0.384. The van der Waals surface area contributed by atoms with E-state index in [0.717, 1.165) is 5.56 Å². The number of nitrogens with two attached hydrogens (primary N) is 1. The van der Waals surface area contributed by atoms with Gasteiger partial charge in [0.2, 0.25) is 5.91 Å². The Morgan fingerprint density at radius 2 is 1.82 bits per heavy atom. The fourth-order valence-corrected chi connectivity index (χ4v) is 4.01. The van der Waals surface area contributed by atoms with Crippen LogP contribution in [-0.4, -0.2) is 64.5 Å². The Balaban J connectivity index is 1.39. The SMILES string of the molecule is NC(=O)C1CC(C(=O)N2CCN(Cc3cccc([N+](=O)[O-])c3)CC2)=NN1c1ccc(F)cc1. The number of primary amides is 1. The number of carbonyl (C=O) groups is 2. The number of rotatable bonds is 6. The first-order valence-electron chi connectivity index (χ1n) is 10.5. The summed E-state index contributed by atoms with van der Waals surface area (Å²) in [5, 5.41) is 16.7. The van der Waals surface area contributed by atoms with Gasteiger partial charge in [-0.25, -0.2) is 4.39 Å². The van der Waals surface area contributed by atoms with Crippen LogP contribution in [-0.2, 0) is 16.1 Å². The lowest BCUT2D eigenvalue weighted by Crippen LogP contribution is -2.50. The fourth-order valence-electron chi connectivity index (χ4n) is 4.01. The van der Waals surface area contributed by atoms with E-state index in [2.05, 4.69) is 10.0 Å². The van der Waals surface area contributed by atoms with Crippen molar-refractivity contribution in [2.24, 2.45) is 10.8 Å². The van der Waals surface area contributed by atoms with Crippen LogP contribution < -0.4 is 10.7 Å². The standard InChI is InChI=1S/C22H23FN6O4/c23-16-4-6-17(7-5-16)28-20(21(24)30)13-19(25-28)22(31)27-10-8-26(9-11-27)14-15-2-1-3-18(12-15)29(32)33/h1-7,12,20H,8-11,13-14H2,(H2,24,30). The maximum atomic E-state index is 13.3. The number of nitrogens with zero attached hydrogens (tertiary/aromatic N) is 5. The van der Waals surface area contributed by atoms with Crippen molar-refractivity contribution in [2.45, 2.75) is 19.0 Å². The Hall–Kier alpha value is -3.86. The van der Waals surface area contributed by atoms with Crippen molar-refractivity contribution in [3.63, 3.8) is 0 Å². The molecule has 0 radical (unpaired) electrons. The number of amides is 2. The molecule has 0 spiro atoms. The summed E-state index contributed by atoms with van der Waals surface area (Å²) in [6.07, 6.45) is 0.0828. The van der Waals surface area contributed by atoms with E-state index in [9.17, 15) is 24.1 Å². The summed E-state index contributed by atoms with van der Waals surface area (Å²) in [7, 11) is 0. The van der Waals surface area contributed by atoms with Crippen LogP contribution in [0.5, 0.6) is 0 Å². The maximum absolute atomic E-state index is 13.3. The van der Waals surface area contributed by atoms with Gasteiger partial charge in [-0.15, -0.1) is 0 Å². The van der Waals surface area contributed by atoms with Crippen LogP contribution in [0.15, 0.2) is 53.6 Å². The first kappa shape index (κ1) is 22.3. The summed E-state index contributed by atoms with van der Waals surface area (Å²) in [6, 6.07) is 11.2. The highest BCUT2D eigenvalue weighted by molar-refractivity contribution is 6.40. The lowest BCUT2D eigenvalue weighted by Gasteiger charge is -2.34. The molecule has 33 heavy (non-hydrogen) atoms. The predicted octanol–water partition coefficient (Wildman–Crippen LogP) is 1.50. The van der Waals surface area contributed by atoms with Crippen molar-refractivity contribution in [2.75, 3.05) is 31.2 Å². The van der Waals surface area contributed by atoms with Crippen LogP contribution in [0.25, 0.3) is 0 Å². The molecule has 172 valence electrons. The van der Waals surface area contributed by atoms with E-state index < -0.39 is 22.7 Å². The first-order valence-corrected chi connectivity index (χ1v) is 10.5. The number of benzene rings is 2. The molecule has 0 saturated carbocycles. The number of carbonyl (C=O) groups excluding carboxylic acids is 2. The summed E-state index contributed by atoms with van der Waals surface area (Å²) >= 11 is 0. The van der Waals surface area contributed by atoms with Gasteiger partial charge in [-0.1, -0.05) is 12.1 Å². The molecule has 11 heteroatoms. The number of nitro groups is 1. The van der Waals surface area contributed by atoms with E-state index in [-0.39, 0.29) is 23.7 Å². The molecule has 1 saturated heterocycles. The summed E-state index contributed by atoms with van der Waals surface area (Å²) in [6.45, 7) is 2.67. The van der Waals surface area contributed by atoms with Crippen LogP contribution in [0.4, 0.5) is 15.8 Å². The third kappa shape index (κ3) is 4.98. The Morgan fingerprint density at radius 3 is 2.45 bits per heavy atom. The number of piperazine rings is 1. The topological polar surface area (TPSA) is 125 Å². The van der Waals surface area contributed by atoms with Gasteiger partial charge in [-0.2, -0.15) is 5.10 Å². The number of non-ortho nitro benzene ring substituents is 1. The highest BCUT2D eigenvalue weighted by atomic mass is 19.1. The molecule has 1 atom stereocenters. The third-order valence-corrected chi connectivity index (χ3v) is 5.76.